The van der Waals surface area contributed by atoms with Crippen molar-refractivity contribution >= 4 is 50.9 Å². The van der Waals surface area contributed by atoms with E-state index in [1.807, 2.05) is 117 Å². The number of hydrogen-bond acceptors (Lipinski definition) is 9. The maximum atomic E-state index is 14.2. The summed E-state index contributed by atoms with van der Waals surface area (Å²) in [5.74, 6) is -1.86. The minimum atomic E-state index is -0.958. The Morgan fingerprint density at radius 3 is 1.97 bits per heavy atom. The zero-order valence-corrected chi connectivity index (χ0v) is 37.1. The van der Waals surface area contributed by atoms with Crippen molar-refractivity contribution in [3.05, 3.63) is 121 Å². The summed E-state index contributed by atoms with van der Waals surface area (Å²) in [5, 5.41) is 6.83. The lowest BCUT2D eigenvalue weighted by molar-refractivity contribution is -0.152. The van der Waals surface area contributed by atoms with Crippen LogP contribution in [-0.4, -0.2) is 61.7 Å². The van der Waals surface area contributed by atoms with Gasteiger partial charge in [-0.25, -0.2) is 0 Å². The van der Waals surface area contributed by atoms with Crippen molar-refractivity contribution in [2.45, 2.75) is 77.9 Å². The van der Waals surface area contributed by atoms with Gasteiger partial charge in [-0.1, -0.05) is 124 Å². The van der Waals surface area contributed by atoms with Crippen molar-refractivity contribution in [3.63, 3.8) is 0 Å². The molecule has 0 aliphatic heterocycles. The molecule has 5 rings (SSSR count). The minimum absolute atomic E-state index is 0.0832. The molecule has 0 unspecified atom stereocenters. The molecule has 0 heterocycles. The molecule has 338 valence electrons. The third-order valence-electron chi connectivity index (χ3n) is 11.0. The highest BCUT2D eigenvalue weighted by Crippen LogP contribution is 2.45. The number of carbonyl (C=O) groups excluding carboxylic acids is 4. The van der Waals surface area contributed by atoms with Gasteiger partial charge in [0.1, 0.15) is 31.3 Å². The molecule has 0 spiro atoms. The van der Waals surface area contributed by atoms with E-state index in [2.05, 4.69) is 16.9 Å². The van der Waals surface area contributed by atoms with Crippen molar-refractivity contribution in [1.82, 2.24) is 5.32 Å². The molecule has 5 aromatic rings. The number of esters is 1. The molecule has 0 bridgehead atoms. The van der Waals surface area contributed by atoms with Crippen LogP contribution in [0, 0.1) is 17.8 Å². The highest BCUT2D eigenvalue weighted by molar-refractivity contribution is 6.10. The Morgan fingerprint density at radius 2 is 1.36 bits per heavy atom. The lowest BCUT2D eigenvalue weighted by atomic mass is 9.89. The number of ketones is 2. The Labute approximate surface area is 376 Å². The van der Waals surface area contributed by atoms with Gasteiger partial charge in [0.15, 0.2) is 17.5 Å². The Hall–Kier alpha value is -6.53. The van der Waals surface area contributed by atoms with Crippen LogP contribution < -0.4 is 32.0 Å². The van der Waals surface area contributed by atoms with E-state index in [1.54, 1.807) is 6.08 Å². The number of unbranched alkanes of at least 4 members (excludes halogenated alkanes) is 1. The van der Waals surface area contributed by atoms with E-state index in [1.165, 1.54) is 0 Å². The molecule has 5 aromatic carbocycles. The molecule has 0 aliphatic carbocycles. The average Bonchev–Trinajstić information content (AvgIpc) is 3.29. The third kappa shape index (κ3) is 14.2. The van der Waals surface area contributed by atoms with Crippen molar-refractivity contribution < 1.29 is 33.4 Å². The van der Waals surface area contributed by atoms with Gasteiger partial charge in [-0.15, -0.1) is 0 Å². The highest BCUT2D eigenvalue weighted by Gasteiger charge is 2.31. The molecule has 12 heteroatoms. The molecule has 64 heavy (non-hydrogen) atoms. The zero-order chi connectivity index (χ0) is 45.8. The number of ether oxygens (including phenoxy) is 3. The van der Waals surface area contributed by atoms with Crippen LogP contribution in [0.5, 0.6) is 11.5 Å². The van der Waals surface area contributed by atoms with Crippen LogP contribution in [0.15, 0.2) is 121 Å². The molecule has 0 aromatic heterocycles. The fourth-order valence-electron chi connectivity index (χ4n) is 7.93. The second-order valence-corrected chi connectivity index (χ2v) is 16.5. The zero-order valence-electron chi connectivity index (χ0n) is 37.1. The van der Waals surface area contributed by atoms with Crippen LogP contribution in [0.3, 0.4) is 0 Å². The van der Waals surface area contributed by atoms with Crippen LogP contribution in [-0.2, 0) is 30.5 Å². The first-order valence-electron chi connectivity index (χ1n) is 22.2. The first-order valence-corrected chi connectivity index (χ1v) is 22.2. The minimum Gasteiger partial charge on any atom is -0.489 e. The van der Waals surface area contributed by atoms with E-state index in [4.69, 9.17) is 31.4 Å². The third-order valence-corrected chi connectivity index (χ3v) is 11.0. The van der Waals surface area contributed by atoms with E-state index >= 15 is 0 Å². The van der Waals surface area contributed by atoms with Crippen molar-refractivity contribution in [2.24, 2.45) is 39.9 Å². The lowest BCUT2D eigenvalue weighted by Crippen LogP contribution is -2.45. The van der Waals surface area contributed by atoms with E-state index in [-0.39, 0.29) is 62.5 Å². The van der Waals surface area contributed by atoms with E-state index < -0.39 is 29.8 Å². The highest BCUT2D eigenvalue weighted by atomic mass is 16.5. The van der Waals surface area contributed by atoms with Crippen molar-refractivity contribution in [2.75, 3.05) is 26.3 Å². The van der Waals surface area contributed by atoms with Crippen LogP contribution in [0.25, 0.3) is 32.7 Å². The van der Waals surface area contributed by atoms with Gasteiger partial charge in [-0.05, 0) is 83.8 Å². The average molecular weight is 870 g/mol. The quantitative estimate of drug-likeness (QED) is 0.0131. The molecule has 0 aliphatic rings. The second kappa shape index (κ2) is 24.9. The summed E-state index contributed by atoms with van der Waals surface area (Å²) < 4.78 is 18.3. The number of nitrogens with one attached hydrogen (secondary N) is 1. The molecule has 12 nitrogen and oxygen atoms in total. The van der Waals surface area contributed by atoms with E-state index in [0.29, 0.717) is 56.8 Å². The maximum absolute atomic E-state index is 14.2. The second-order valence-electron chi connectivity index (χ2n) is 16.5. The molecular weight excluding hydrogens is 807 g/mol. The number of aliphatic imine (C=N–C) groups is 1. The number of carbonyl (C=O) groups is 4. The van der Waals surface area contributed by atoms with E-state index in [0.717, 1.165) is 38.2 Å². The van der Waals surface area contributed by atoms with Gasteiger partial charge in [-0.2, -0.15) is 0 Å². The molecule has 7 N–H and O–H groups in total. The summed E-state index contributed by atoms with van der Waals surface area (Å²) in [6, 6.07) is 32.1. The van der Waals surface area contributed by atoms with Gasteiger partial charge >= 0.3 is 5.97 Å². The number of nitrogens with zero attached hydrogens (tertiary/aromatic N) is 1. The summed E-state index contributed by atoms with van der Waals surface area (Å²) in [6.07, 6.45) is 4.08. The Kier molecular flexibility index (Phi) is 18.9. The number of fused-ring (bicyclic) bond motifs is 2. The molecule has 0 saturated heterocycles. The number of Topliss-reactive ketones (excluding diaryl/α,β-unsaturated/α-hetero) is 2. The van der Waals surface area contributed by atoms with Crippen LogP contribution in [0.4, 0.5) is 0 Å². The van der Waals surface area contributed by atoms with Gasteiger partial charge in [0, 0.05) is 36.4 Å². The fourth-order valence-corrected chi connectivity index (χ4v) is 7.93. The topological polar surface area (TPSA) is 198 Å². The number of benzene rings is 5. The van der Waals surface area contributed by atoms with Gasteiger partial charge in [-0.3, -0.25) is 24.2 Å². The molecular formula is C52H63N5O7. The van der Waals surface area contributed by atoms with Crippen LogP contribution in [0.2, 0.25) is 0 Å². The predicted octanol–water partition coefficient (Wildman–Crippen LogP) is 8.21. The van der Waals surface area contributed by atoms with Crippen LogP contribution >= 0.6 is 0 Å². The van der Waals surface area contributed by atoms with Gasteiger partial charge in [0.05, 0.1) is 12.0 Å². The SMILES string of the molecule is C=CCOc1ccc2ccccc2c1-c1c(OCC(=O)C[C@H](CCCCN)C(=O)N[C@H](CCCN=C(N)N)C(=O)C[C@@H](CC(C)C)C(=O)OCc2ccccc2)ccc2ccccc12. The lowest BCUT2D eigenvalue weighted by Gasteiger charge is -2.24. The largest absolute Gasteiger partial charge is 0.489 e. The van der Waals surface area contributed by atoms with Crippen LogP contribution in [0.1, 0.15) is 70.8 Å². The molecule has 1 amide bonds. The molecule has 3 atom stereocenters. The summed E-state index contributed by atoms with van der Waals surface area (Å²) in [7, 11) is 0. The summed E-state index contributed by atoms with van der Waals surface area (Å²) >= 11 is 0. The van der Waals surface area contributed by atoms with Gasteiger partial charge in [0.25, 0.3) is 0 Å². The Balaban J connectivity index is 1.37. The summed E-state index contributed by atoms with van der Waals surface area (Å²) in [5.41, 5.74) is 19.4. The summed E-state index contributed by atoms with van der Waals surface area (Å²) in [6.45, 7) is 8.52. The number of nitrogens with two attached hydrogens (primary N) is 3. The molecule has 0 saturated carbocycles. The number of hydrogen-bond donors (Lipinski definition) is 4. The predicted molar refractivity (Wildman–Crippen MR) is 255 cm³/mol. The number of amides is 1. The normalized spacial score (nSPS) is 12.6. The number of rotatable bonds is 27. The van der Waals surface area contributed by atoms with Crippen molar-refractivity contribution in [1.29, 1.82) is 0 Å². The Morgan fingerprint density at radius 1 is 0.734 bits per heavy atom. The molecule has 0 fully saturated rings. The monoisotopic (exact) mass is 869 g/mol. The summed E-state index contributed by atoms with van der Waals surface area (Å²) in [4.78, 5) is 59.8. The van der Waals surface area contributed by atoms with E-state index in [9.17, 15) is 19.2 Å². The number of guanidine groups is 1. The smallest absolute Gasteiger partial charge is 0.309 e. The first-order chi connectivity index (χ1) is 31.0. The first kappa shape index (κ1) is 48.5. The fraction of sp³-hybridized carbons (Fsp3) is 0.365. The maximum Gasteiger partial charge on any atom is 0.309 e. The van der Waals surface area contributed by atoms with Gasteiger partial charge < -0.3 is 36.7 Å². The standard InChI is InChI=1S/C52H63N5O7/c1-4-29-62-46-25-23-37-17-8-10-20-42(37)48(46)49-43-21-11-9-18-38(43)24-26-47(49)63-34-41(58)31-39(19-12-13-27-53)50(60)57-44(22-14-28-56-52(54)55)45(59)32-40(30-35(2)3)51(61)64-33-36-15-6-5-7-16-36/h4-11,15-18,20-21,23-26,35,39-40,44H,1,12-14,19,22,27-34,53H2,2-3H3,(H,57,60)(H4,54,55,56)/t39-,40+,44+/m0/s1. The van der Waals surface area contributed by atoms with Gasteiger partial charge in [0.2, 0.25) is 5.91 Å². The Bertz CT molecular complexity index is 2380. The van der Waals surface area contributed by atoms with Crippen molar-refractivity contribution in [3.8, 4) is 22.6 Å². The molecule has 0 radical (unpaired) electrons.